The van der Waals surface area contributed by atoms with Crippen molar-refractivity contribution in [3.63, 3.8) is 0 Å². The molecule has 0 bridgehead atoms. The van der Waals surface area contributed by atoms with Crippen molar-refractivity contribution >= 4 is 46.9 Å². The molecule has 0 saturated heterocycles. The van der Waals surface area contributed by atoms with Crippen LogP contribution in [0.4, 0.5) is 5.69 Å². The Bertz CT molecular complexity index is 912. The third-order valence-corrected chi connectivity index (χ3v) is 5.32. The molecule has 0 saturated carbocycles. The van der Waals surface area contributed by atoms with E-state index in [4.69, 9.17) is 11.6 Å². The fourth-order valence-electron chi connectivity index (χ4n) is 2.58. The number of nitrogens with one attached hydrogen (secondary N) is 3. The Morgan fingerprint density at radius 1 is 1.26 bits per heavy atom. The number of quaternary nitrogens is 1. The standard InChI is InChI=1S/C20H20ClN3O2S/c1-24(2)9-8-22-19(25)14-6-7-17-16(12-14)23-20(26)18(27-17)11-13-4-3-5-15(21)10-13/h3-7,10-12H,8-9H2,1-2H3,(H,22,25)(H,23,26)/p+1. The van der Waals surface area contributed by atoms with Crippen molar-refractivity contribution in [2.75, 3.05) is 32.5 Å². The molecule has 2 aromatic carbocycles. The van der Waals surface area contributed by atoms with Crippen molar-refractivity contribution in [2.45, 2.75) is 4.90 Å². The molecule has 0 radical (unpaired) electrons. The summed E-state index contributed by atoms with van der Waals surface area (Å²) >= 11 is 7.38. The maximum absolute atomic E-state index is 12.4. The van der Waals surface area contributed by atoms with E-state index in [-0.39, 0.29) is 11.8 Å². The summed E-state index contributed by atoms with van der Waals surface area (Å²) in [4.78, 5) is 27.5. The van der Waals surface area contributed by atoms with Crippen LogP contribution in [0, 0.1) is 0 Å². The van der Waals surface area contributed by atoms with Gasteiger partial charge in [-0.3, -0.25) is 9.59 Å². The van der Waals surface area contributed by atoms with Gasteiger partial charge in [0.15, 0.2) is 0 Å². The van der Waals surface area contributed by atoms with Crippen LogP contribution in [-0.4, -0.2) is 39.0 Å². The third kappa shape index (κ3) is 5.13. The first-order chi connectivity index (χ1) is 12.9. The quantitative estimate of drug-likeness (QED) is 0.672. The second-order valence-electron chi connectivity index (χ2n) is 6.54. The molecule has 1 aliphatic rings. The molecule has 3 rings (SSSR count). The van der Waals surface area contributed by atoms with Crippen LogP contribution in [0.15, 0.2) is 52.3 Å². The summed E-state index contributed by atoms with van der Waals surface area (Å²) in [6.45, 7) is 1.45. The zero-order valence-corrected chi connectivity index (χ0v) is 16.7. The molecule has 7 heteroatoms. The number of carbonyl (C=O) groups excluding carboxylic acids is 2. The summed E-state index contributed by atoms with van der Waals surface area (Å²) in [6.07, 6.45) is 1.80. The van der Waals surface area contributed by atoms with Crippen molar-refractivity contribution in [2.24, 2.45) is 0 Å². The molecule has 2 aromatic rings. The highest BCUT2D eigenvalue weighted by molar-refractivity contribution is 8.04. The summed E-state index contributed by atoms with van der Waals surface area (Å²) < 4.78 is 0. The van der Waals surface area contributed by atoms with Gasteiger partial charge in [0.25, 0.3) is 11.8 Å². The molecule has 3 N–H and O–H groups in total. The SMILES string of the molecule is C[NH+](C)CCNC(=O)c1ccc2c(c1)NC(=O)C(=Cc1cccc(Cl)c1)S2. The van der Waals surface area contributed by atoms with Gasteiger partial charge in [0.2, 0.25) is 0 Å². The van der Waals surface area contributed by atoms with Gasteiger partial charge in [-0.15, -0.1) is 0 Å². The first-order valence-corrected chi connectivity index (χ1v) is 9.79. The van der Waals surface area contributed by atoms with Gasteiger partial charge in [-0.05, 0) is 42.0 Å². The van der Waals surface area contributed by atoms with E-state index in [0.29, 0.717) is 27.7 Å². The Labute approximate surface area is 167 Å². The van der Waals surface area contributed by atoms with E-state index in [1.807, 2.05) is 32.3 Å². The molecule has 0 fully saturated rings. The third-order valence-electron chi connectivity index (χ3n) is 3.99. The van der Waals surface area contributed by atoms with Gasteiger partial charge in [-0.25, -0.2) is 0 Å². The van der Waals surface area contributed by atoms with Crippen LogP contribution >= 0.6 is 23.4 Å². The van der Waals surface area contributed by atoms with E-state index in [1.165, 1.54) is 16.7 Å². The highest BCUT2D eigenvalue weighted by Crippen LogP contribution is 2.39. The Balaban J connectivity index is 1.75. The number of halogens is 1. The second-order valence-corrected chi connectivity index (χ2v) is 8.06. The topological polar surface area (TPSA) is 62.6 Å². The second kappa shape index (κ2) is 8.61. The number of thioether (sulfide) groups is 1. The van der Waals surface area contributed by atoms with Gasteiger partial charge in [0.05, 0.1) is 37.8 Å². The number of fused-ring (bicyclic) bond motifs is 1. The van der Waals surface area contributed by atoms with Gasteiger partial charge in [-0.2, -0.15) is 0 Å². The fraction of sp³-hybridized carbons (Fsp3) is 0.200. The summed E-state index contributed by atoms with van der Waals surface area (Å²) in [5.41, 5.74) is 2.05. The normalized spacial score (nSPS) is 14.8. The van der Waals surface area contributed by atoms with Gasteiger partial charge in [-0.1, -0.05) is 35.5 Å². The van der Waals surface area contributed by atoms with E-state index < -0.39 is 0 Å². The van der Waals surface area contributed by atoms with E-state index in [0.717, 1.165) is 17.0 Å². The molecule has 0 spiro atoms. The minimum absolute atomic E-state index is 0.140. The van der Waals surface area contributed by atoms with Crippen LogP contribution in [0.1, 0.15) is 15.9 Å². The lowest BCUT2D eigenvalue weighted by Gasteiger charge is -2.19. The first kappa shape index (κ1) is 19.5. The summed E-state index contributed by atoms with van der Waals surface area (Å²) in [7, 11) is 4.07. The minimum atomic E-state index is -0.193. The lowest BCUT2D eigenvalue weighted by molar-refractivity contribution is -0.856. The average Bonchev–Trinajstić information content (AvgIpc) is 2.61. The Kier molecular flexibility index (Phi) is 6.21. The Hall–Kier alpha value is -2.28. The lowest BCUT2D eigenvalue weighted by Crippen LogP contribution is -3.06. The molecule has 0 unspecified atom stereocenters. The molecule has 1 aliphatic heterocycles. The van der Waals surface area contributed by atoms with Crippen LogP contribution in [0.25, 0.3) is 6.08 Å². The number of benzene rings is 2. The molecule has 0 aromatic heterocycles. The number of likely N-dealkylation sites (N-methyl/N-ethyl adjacent to an activating group) is 1. The highest BCUT2D eigenvalue weighted by atomic mass is 35.5. The number of hydrogen-bond acceptors (Lipinski definition) is 3. The van der Waals surface area contributed by atoms with E-state index >= 15 is 0 Å². The maximum Gasteiger partial charge on any atom is 0.262 e. The van der Waals surface area contributed by atoms with Crippen molar-refractivity contribution in [1.29, 1.82) is 0 Å². The molecule has 27 heavy (non-hydrogen) atoms. The summed E-state index contributed by atoms with van der Waals surface area (Å²) in [5, 5.41) is 6.38. The zero-order chi connectivity index (χ0) is 19.4. The molecule has 140 valence electrons. The summed E-state index contributed by atoms with van der Waals surface area (Å²) in [6, 6.07) is 12.7. The van der Waals surface area contributed by atoms with E-state index in [9.17, 15) is 9.59 Å². The van der Waals surface area contributed by atoms with Gasteiger partial charge < -0.3 is 15.5 Å². The molecule has 5 nitrogen and oxygen atoms in total. The smallest absolute Gasteiger partial charge is 0.262 e. The van der Waals surface area contributed by atoms with E-state index in [1.54, 1.807) is 30.3 Å². The Morgan fingerprint density at radius 2 is 2.07 bits per heavy atom. The molecule has 1 heterocycles. The van der Waals surface area contributed by atoms with Gasteiger partial charge >= 0.3 is 0 Å². The minimum Gasteiger partial charge on any atom is -0.346 e. The van der Waals surface area contributed by atoms with Crippen molar-refractivity contribution in [3.8, 4) is 0 Å². The van der Waals surface area contributed by atoms with Gasteiger partial charge in [0.1, 0.15) is 0 Å². The largest absolute Gasteiger partial charge is 0.346 e. The number of carbonyl (C=O) groups is 2. The van der Waals surface area contributed by atoms with Crippen molar-refractivity contribution in [3.05, 3.63) is 63.5 Å². The fourth-order valence-corrected chi connectivity index (χ4v) is 3.71. The number of rotatable bonds is 5. The van der Waals surface area contributed by atoms with Crippen molar-refractivity contribution < 1.29 is 14.5 Å². The number of amides is 2. The molecular formula is C20H21ClN3O2S+. The van der Waals surface area contributed by atoms with Crippen LogP contribution in [0.3, 0.4) is 0 Å². The number of hydrogen-bond donors (Lipinski definition) is 3. The molecular weight excluding hydrogens is 382 g/mol. The summed E-state index contributed by atoms with van der Waals surface area (Å²) in [5.74, 6) is -0.334. The zero-order valence-electron chi connectivity index (χ0n) is 15.1. The molecule has 0 atom stereocenters. The lowest BCUT2D eigenvalue weighted by atomic mass is 10.1. The number of anilines is 1. The van der Waals surface area contributed by atoms with Crippen molar-refractivity contribution in [1.82, 2.24) is 5.32 Å². The first-order valence-electron chi connectivity index (χ1n) is 8.60. The monoisotopic (exact) mass is 402 g/mol. The average molecular weight is 403 g/mol. The van der Waals surface area contributed by atoms with E-state index in [2.05, 4.69) is 10.6 Å². The molecule has 0 aliphatic carbocycles. The Morgan fingerprint density at radius 3 is 2.81 bits per heavy atom. The predicted octanol–water partition coefficient (Wildman–Crippen LogP) is 2.30. The van der Waals surface area contributed by atoms with Crippen LogP contribution in [0.5, 0.6) is 0 Å². The van der Waals surface area contributed by atoms with Crippen LogP contribution < -0.4 is 15.5 Å². The maximum atomic E-state index is 12.4. The predicted molar refractivity (Wildman–Crippen MR) is 110 cm³/mol. The molecule has 2 amide bonds. The van der Waals surface area contributed by atoms with Crippen LogP contribution in [0.2, 0.25) is 5.02 Å². The van der Waals surface area contributed by atoms with Crippen LogP contribution in [-0.2, 0) is 4.79 Å². The van der Waals surface area contributed by atoms with Gasteiger partial charge in [0, 0.05) is 15.5 Å². The highest BCUT2D eigenvalue weighted by Gasteiger charge is 2.22.